The number of ether oxygens (including phenoxy) is 2. The van der Waals surface area contributed by atoms with E-state index in [-0.39, 0.29) is 6.10 Å². The summed E-state index contributed by atoms with van der Waals surface area (Å²) in [5, 5.41) is 0. The number of rotatable bonds is 2. The van der Waals surface area contributed by atoms with Gasteiger partial charge in [0.05, 0.1) is 12.7 Å². The Hall–Kier alpha value is -0.860. The average molecular weight is 264 g/mol. The van der Waals surface area contributed by atoms with Crippen LogP contribution >= 0.6 is 0 Å². The molecular weight excluding hydrogens is 236 g/mol. The Bertz CT molecular complexity index is 346. The van der Waals surface area contributed by atoms with Crippen molar-refractivity contribution < 1.29 is 9.47 Å². The van der Waals surface area contributed by atoms with Gasteiger partial charge in [0.1, 0.15) is 0 Å². The summed E-state index contributed by atoms with van der Waals surface area (Å²) in [6.07, 6.45) is 2.49. The molecule has 0 N–H and O–H groups in total. The van der Waals surface area contributed by atoms with Gasteiger partial charge in [0.2, 0.25) is 0 Å². The molecule has 2 unspecified atom stereocenters. The molecule has 0 aromatic heterocycles. The third kappa shape index (κ3) is 4.96. The molecule has 0 saturated carbocycles. The first-order valence-electron chi connectivity index (χ1n) is 7.40. The van der Waals surface area contributed by atoms with Gasteiger partial charge in [-0.15, -0.1) is 0 Å². The van der Waals surface area contributed by atoms with Crippen molar-refractivity contribution >= 4 is 0 Å². The predicted molar refractivity (Wildman–Crippen MR) is 80.0 cm³/mol. The Morgan fingerprint density at radius 3 is 2.21 bits per heavy atom. The topological polar surface area (TPSA) is 18.5 Å². The van der Waals surface area contributed by atoms with E-state index < -0.39 is 5.79 Å². The van der Waals surface area contributed by atoms with Crippen LogP contribution in [0, 0.1) is 5.92 Å². The summed E-state index contributed by atoms with van der Waals surface area (Å²) in [5.74, 6) is -0.0120. The van der Waals surface area contributed by atoms with Crippen molar-refractivity contribution in [2.45, 2.75) is 59.4 Å². The maximum atomic E-state index is 6.04. The van der Waals surface area contributed by atoms with Crippen molar-refractivity contribution in [1.82, 2.24) is 0 Å². The van der Waals surface area contributed by atoms with Gasteiger partial charge in [0.25, 0.3) is 0 Å². The lowest BCUT2D eigenvalue weighted by molar-refractivity contribution is -0.296. The van der Waals surface area contributed by atoms with Crippen LogP contribution in [-0.2, 0) is 9.47 Å². The standard InChI is InChI=1S/C14H20O2.C3H8/c1-4-11-10-15-14(2,3)16-13(11)12-8-6-5-7-9-12;1-3-2/h5-9,11,13H,4,10H2,1-3H3;3H2,1-2H3. The summed E-state index contributed by atoms with van der Waals surface area (Å²) in [7, 11) is 0. The minimum atomic E-state index is -0.466. The molecule has 0 radical (unpaired) electrons. The molecule has 0 amide bonds. The Morgan fingerprint density at radius 1 is 1.11 bits per heavy atom. The maximum Gasteiger partial charge on any atom is 0.163 e. The largest absolute Gasteiger partial charge is 0.350 e. The molecule has 1 aliphatic rings. The number of hydrogen-bond acceptors (Lipinski definition) is 2. The fourth-order valence-corrected chi connectivity index (χ4v) is 2.15. The van der Waals surface area contributed by atoms with Gasteiger partial charge in [0.15, 0.2) is 5.79 Å². The second-order valence-corrected chi connectivity index (χ2v) is 5.54. The van der Waals surface area contributed by atoms with Crippen LogP contribution in [-0.4, -0.2) is 12.4 Å². The highest BCUT2D eigenvalue weighted by Gasteiger charge is 2.36. The molecule has 2 atom stereocenters. The van der Waals surface area contributed by atoms with Crippen LogP contribution in [0.5, 0.6) is 0 Å². The zero-order chi connectivity index (χ0) is 14.3. The molecule has 0 bridgehead atoms. The maximum absolute atomic E-state index is 6.04. The zero-order valence-electron chi connectivity index (χ0n) is 13.0. The van der Waals surface area contributed by atoms with Gasteiger partial charge >= 0.3 is 0 Å². The second kappa shape index (κ2) is 7.66. The number of hydrogen-bond donors (Lipinski definition) is 0. The minimum absolute atomic E-state index is 0.162. The normalized spacial score (nSPS) is 25.3. The molecular formula is C17H28O2. The van der Waals surface area contributed by atoms with Crippen molar-refractivity contribution in [1.29, 1.82) is 0 Å². The van der Waals surface area contributed by atoms with Crippen molar-refractivity contribution in [2.75, 3.05) is 6.61 Å². The van der Waals surface area contributed by atoms with Crippen LogP contribution in [0.2, 0.25) is 0 Å². The van der Waals surface area contributed by atoms with Gasteiger partial charge in [-0.1, -0.05) is 57.5 Å². The summed E-state index contributed by atoms with van der Waals surface area (Å²) in [6, 6.07) is 10.4. The third-order valence-corrected chi connectivity index (χ3v) is 3.14. The summed E-state index contributed by atoms with van der Waals surface area (Å²) < 4.78 is 11.7. The lowest BCUT2D eigenvalue weighted by atomic mass is 9.92. The van der Waals surface area contributed by atoms with Crippen molar-refractivity contribution in [3.63, 3.8) is 0 Å². The Kier molecular flexibility index (Phi) is 6.53. The Labute approximate surface area is 118 Å². The Morgan fingerprint density at radius 2 is 1.68 bits per heavy atom. The van der Waals surface area contributed by atoms with Crippen molar-refractivity contribution in [3.05, 3.63) is 35.9 Å². The van der Waals surface area contributed by atoms with E-state index in [2.05, 4.69) is 45.0 Å². The van der Waals surface area contributed by atoms with Crippen LogP contribution in [0.4, 0.5) is 0 Å². The molecule has 0 spiro atoms. The molecule has 1 fully saturated rings. The average Bonchev–Trinajstić information content (AvgIpc) is 2.40. The van der Waals surface area contributed by atoms with Crippen LogP contribution < -0.4 is 0 Å². The molecule has 2 rings (SSSR count). The predicted octanol–water partition coefficient (Wildman–Crippen LogP) is 4.95. The van der Waals surface area contributed by atoms with E-state index >= 15 is 0 Å². The molecule has 1 aromatic carbocycles. The van der Waals surface area contributed by atoms with Gasteiger partial charge in [-0.05, 0) is 25.8 Å². The van der Waals surface area contributed by atoms with E-state index in [1.54, 1.807) is 0 Å². The van der Waals surface area contributed by atoms with Crippen LogP contribution in [0.25, 0.3) is 0 Å². The molecule has 1 aromatic rings. The highest BCUT2D eigenvalue weighted by molar-refractivity contribution is 5.18. The summed E-state index contributed by atoms with van der Waals surface area (Å²) in [6.45, 7) is 11.2. The summed E-state index contributed by atoms with van der Waals surface area (Å²) >= 11 is 0. The number of benzene rings is 1. The SMILES string of the molecule is CCC.CCC1COC(C)(C)OC1c1ccccc1. The first-order valence-corrected chi connectivity index (χ1v) is 7.40. The molecule has 1 heterocycles. The van der Waals surface area contributed by atoms with E-state index in [9.17, 15) is 0 Å². The van der Waals surface area contributed by atoms with Crippen LogP contribution in [0.3, 0.4) is 0 Å². The van der Waals surface area contributed by atoms with Crippen LogP contribution in [0.1, 0.15) is 59.1 Å². The molecule has 1 saturated heterocycles. The van der Waals surface area contributed by atoms with Gasteiger partial charge in [-0.25, -0.2) is 0 Å². The molecule has 1 aliphatic heterocycles. The van der Waals surface area contributed by atoms with Gasteiger partial charge < -0.3 is 9.47 Å². The second-order valence-electron chi connectivity index (χ2n) is 5.54. The molecule has 2 heteroatoms. The van der Waals surface area contributed by atoms with E-state index in [1.807, 2.05) is 19.9 Å². The quantitative estimate of drug-likeness (QED) is 0.752. The smallest absolute Gasteiger partial charge is 0.163 e. The highest BCUT2D eigenvalue weighted by Crippen LogP contribution is 2.37. The summed E-state index contributed by atoms with van der Waals surface area (Å²) in [4.78, 5) is 0. The van der Waals surface area contributed by atoms with Crippen molar-refractivity contribution in [3.8, 4) is 0 Å². The van der Waals surface area contributed by atoms with Gasteiger partial charge in [-0.3, -0.25) is 0 Å². The highest BCUT2D eigenvalue weighted by atomic mass is 16.7. The first-order chi connectivity index (χ1) is 9.04. The van der Waals surface area contributed by atoms with Crippen molar-refractivity contribution in [2.24, 2.45) is 5.92 Å². The molecule has 19 heavy (non-hydrogen) atoms. The lowest BCUT2D eigenvalue weighted by Gasteiger charge is -2.41. The van der Waals surface area contributed by atoms with Gasteiger partial charge in [0, 0.05) is 5.92 Å². The lowest BCUT2D eigenvalue weighted by Crippen LogP contribution is -2.41. The fraction of sp³-hybridized carbons (Fsp3) is 0.647. The fourth-order valence-electron chi connectivity index (χ4n) is 2.15. The Balaban J connectivity index is 0.000000550. The van der Waals surface area contributed by atoms with Gasteiger partial charge in [-0.2, -0.15) is 0 Å². The third-order valence-electron chi connectivity index (χ3n) is 3.14. The zero-order valence-corrected chi connectivity index (χ0v) is 13.0. The monoisotopic (exact) mass is 264 g/mol. The molecule has 0 aliphatic carbocycles. The molecule has 108 valence electrons. The molecule has 2 nitrogen and oxygen atoms in total. The van der Waals surface area contributed by atoms with E-state index in [4.69, 9.17) is 9.47 Å². The van der Waals surface area contributed by atoms with E-state index in [0.717, 1.165) is 13.0 Å². The van der Waals surface area contributed by atoms with Crippen LogP contribution in [0.15, 0.2) is 30.3 Å². The van der Waals surface area contributed by atoms with E-state index in [1.165, 1.54) is 12.0 Å². The minimum Gasteiger partial charge on any atom is -0.350 e. The van der Waals surface area contributed by atoms with E-state index in [0.29, 0.717) is 5.92 Å². The summed E-state index contributed by atoms with van der Waals surface area (Å²) in [5.41, 5.74) is 1.26. The first kappa shape index (κ1) is 16.2.